The first-order valence-electron chi connectivity index (χ1n) is 8.45. The second kappa shape index (κ2) is 10.9. The number of thioether (sulfide) groups is 1. The van der Waals surface area contributed by atoms with E-state index in [9.17, 15) is 9.59 Å². The molecule has 0 aliphatic rings. The largest absolute Gasteiger partial charge is 0.492 e. The van der Waals surface area contributed by atoms with Gasteiger partial charge in [0.05, 0.1) is 18.9 Å². The van der Waals surface area contributed by atoms with Gasteiger partial charge in [-0.2, -0.15) is 0 Å². The van der Waals surface area contributed by atoms with Crippen LogP contribution in [0.4, 0.5) is 5.82 Å². The van der Waals surface area contributed by atoms with E-state index in [0.717, 1.165) is 22.0 Å². The van der Waals surface area contributed by atoms with Crippen LogP contribution in [-0.2, 0) is 9.53 Å². The van der Waals surface area contributed by atoms with Crippen LogP contribution < -0.4 is 10.5 Å². The molecule has 0 radical (unpaired) electrons. The number of aromatic nitrogens is 2. The number of halogens is 1. The van der Waals surface area contributed by atoms with Gasteiger partial charge in [0.25, 0.3) is 0 Å². The first-order chi connectivity index (χ1) is 13.4. The predicted octanol–water partition coefficient (Wildman–Crippen LogP) is 2.63. The van der Waals surface area contributed by atoms with Crippen LogP contribution in [0.1, 0.15) is 17.3 Å². The SMILES string of the molecule is CCOC(=O)c1cnc(SCC(=O)N(C)CCOc2ccc(Br)cc2)nc1N. The van der Waals surface area contributed by atoms with Crippen LogP contribution in [0, 0.1) is 0 Å². The number of nitrogens with two attached hydrogens (primary N) is 1. The highest BCUT2D eigenvalue weighted by molar-refractivity contribution is 9.10. The van der Waals surface area contributed by atoms with Crippen molar-refractivity contribution in [3.63, 3.8) is 0 Å². The lowest BCUT2D eigenvalue weighted by Gasteiger charge is -2.17. The number of ether oxygens (including phenoxy) is 2. The number of benzene rings is 1. The van der Waals surface area contributed by atoms with Crippen LogP contribution in [0.5, 0.6) is 5.75 Å². The summed E-state index contributed by atoms with van der Waals surface area (Å²) in [6.45, 7) is 2.76. The molecular formula is C18H21BrN4O4S. The van der Waals surface area contributed by atoms with Gasteiger partial charge >= 0.3 is 5.97 Å². The first-order valence-corrected chi connectivity index (χ1v) is 10.2. The molecule has 1 amide bonds. The van der Waals surface area contributed by atoms with E-state index < -0.39 is 5.97 Å². The number of rotatable bonds is 9. The van der Waals surface area contributed by atoms with E-state index in [0.29, 0.717) is 18.3 Å². The molecule has 28 heavy (non-hydrogen) atoms. The number of nitrogen functional groups attached to an aromatic ring is 1. The molecule has 10 heteroatoms. The van der Waals surface area contributed by atoms with Crippen molar-refractivity contribution in [2.45, 2.75) is 12.1 Å². The van der Waals surface area contributed by atoms with Gasteiger partial charge in [-0.25, -0.2) is 14.8 Å². The van der Waals surface area contributed by atoms with Crippen molar-refractivity contribution in [2.75, 3.05) is 38.3 Å². The van der Waals surface area contributed by atoms with Gasteiger partial charge in [-0.05, 0) is 31.2 Å². The molecule has 0 atom stereocenters. The summed E-state index contributed by atoms with van der Waals surface area (Å²) in [5.41, 5.74) is 5.88. The summed E-state index contributed by atoms with van der Waals surface area (Å²) in [5.74, 6) is 0.246. The molecule has 2 aromatic rings. The molecule has 0 saturated carbocycles. The molecule has 8 nitrogen and oxygen atoms in total. The van der Waals surface area contributed by atoms with Crippen LogP contribution in [0.2, 0.25) is 0 Å². The van der Waals surface area contributed by atoms with Crippen molar-refractivity contribution in [3.05, 3.63) is 40.5 Å². The van der Waals surface area contributed by atoms with Crippen molar-refractivity contribution < 1.29 is 19.1 Å². The molecule has 1 aromatic carbocycles. The third kappa shape index (κ3) is 6.68. The molecule has 0 fully saturated rings. The van der Waals surface area contributed by atoms with Crippen molar-refractivity contribution in [1.82, 2.24) is 14.9 Å². The molecular weight excluding hydrogens is 448 g/mol. The highest BCUT2D eigenvalue weighted by Crippen LogP contribution is 2.18. The number of nitrogens with zero attached hydrogens (tertiary/aromatic N) is 3. The first kappa shape index (κ1) is 22.0. The summed E-state index contributed by atoms with van der Waals surface area (Å²) in [5, 5.41) is 0.318. The van der Waals surface area contributed by atoms with Gasteiger partial charge in [-0.3, -0.25) is 4.79 Å². The summed E-state index contributed by atoms with van der Waals surface area (Å²) in [4.78, 5) is 33.6. The van der Waals surface area contributed by atoms with E-state index in [-0.39, 0.29) is 29.6 Å². The zero-order valence-electron chi connectivity index (χ0n) is 15.6. The number of amides is 1. The summed E-state index contributed by atoms with van der Waals surface area (Å²) in [7, 11) is 1.70. The average molecular weight is 469 g/mol. The molecule has 0 saturated heterocycles. The van der Waals surface area contributed by atoms with E-state index in [1.807, 2.05) is 24.3 Å². The number of hydrogen-bond acceptors (Lipinski definition) is 8. The van der Waals surface area contributed by atoms with Crippen LogP contribution in [-0.4, -0.2) is 59.3 Å². The zero-order valence-corrected chi connectivity index (χ0v) is 18.0. The van der Waals surface area contributed by atoms with Crippen molar-refractivity contribution in [1.29, 1.82) is 0 Å². The maximum Gasteiger partial charge on any atom is 0.343 e. The Hall–Kier alpha value is -2.33. The predicted molar refractivity (Wildman–Crippen MR) is 110 cm³/mol. The van der Waals surface area contributed by atoms with E-state index in [1.54, 1.807) is 18.9 Å². The Morgan fingerprint density at radius 3 is 2.64 bits per heavy atom. The van der Waals surface area contributed by atoms with Gasteiger partial charge < -0.3 is 20.1 Å². The number of likely N-dealkylation sites (N-methyl/N-ethyl adjacent to an activating group) is 1. The molecule has 150 valence electrons. The second-order valence-electron chi connectivity index (χ2n) is 5.58. The molecule has 1 aromatic heterocycles. The minimum Gasteiger partial charge on any atom is -0.492 e. The fraction of sp³-hybridized carbons (Fsp3) is 0.333. The van der Waals surface area contributed by atoms with Gasteiger partial charge in [0.15, 0.2) is 5.16 Å². The highest BCUT2D eigenvalue weighted by Gasteiger charge is 2.15. The fourth-order valence-corrected chi connectivity index (χ4v) is 3.03. The monoisotopic (exact) mass is 468 g/mol. The lowest BCUT2D eigenvalue weighted by molar-refractivity contribution is -0.127. The number of esters is 1. The van der Waals surface area contributed by atoms with E-state index in [4.69, 9.17) is 15.2 Å². The van der Waals surface area contributed by atoms with Crippen molar-refractivity contribution >= 4 is 45.4 Å². The normalized spacial score (nSPS) is 10.4. The summed E-state index contributed by atoms with van der Waals surface area (Å²) >= 11 is 4.51. The number of hydrogen-bond donors (Lipinski definition) is 1. The Kier molecular flexibility index (Phi) is 8.52. The van der Waals surface area contributed by atoms with Crippen LogP contribution in [0.15, 0.2) is 40.1 Å². The molecule has 0 spiro atoms. The third-order valence-electron chi connectivity index (χ3n) is 3.55. The average Bonchev–Trinajstić information content (AvgIpc) is 2.67. The standard InChI is InChI=1S/C18H21BrN4O4S/c1-3-26-17(25)14-10-21-18(22-16(14)20)28-11-15(24)23(2)8-9-27-13-6-4-12(19)5-7-13/h4-7,10H,3,8-9,11H2,1-2H3,(H2,20,21,22). The molecule has 0 bridgehead atoms. The number of carbonyl (C=O) groups excluding carboxylic acids is 2. The molecule has 0 unspecified atom stereocenters. The fourth-order valence-electron chi connectivity index (χ4n) is 2.01. The van der Waals surface area contributed by atoms with E-state index >= 15 is 0 Å². The summed E-state index contributed by atoms with van der Waals surface area (Å²) in [6, 6.07) is 7.48. The molecule has 2 N–H and O–H groups in total. The summed E-state index contributed by atoms with van der Waals surface area (Å²) < 4.78 is 11.5. The topological polar surface area (TPSA) is 108 Å². The lowest BCUT2D eigenvalue weighted by atomic mass is 10.3. The van der Waals surface area contributed by atoms with Gasteiger partial charge in [-0.15, -0.1) is 0 Å². The number of anilines is 1. The highest BCUT2D eigenvalue weighted by atomic mass is 79.9. The van der Waals surface area contributed by atoms with Crippen molar-refractivity contribution in [3.8, 4) is 5.75 Å². The second-order valence-corrected chi connectivity index (χ2v) is 7.44. The zero-order chi connectivity index (χ0) is 20.5. The van der Waals surface area contributed by atoms with Crippen molar-refractivity contribution in [2.24, 2.45) is 0 Å². The Morgan fingerprint density at radius 1 is 1.29 bits per heavy atom. The number of carbonyl (C=O) groups is 2. The minimum absolute atomic E-state index is 0.0275. The van der Waals surface area contributed by atoms with E-state index in [1.165, 1.54) is 6.20 Å². The Bertz CT molecular complexity index is 820. The van der Waals surface area contributed by atoms with Gasteiger partial charge in [0, 0.05) is 17.7 Å². The van der Waals surface area contributed by atoms with E-state index in [2.05, 4.69) is 25.9 Å². The van der Waals surface area contributed by atoms with Gasteiger partial charge in [-0.1, -0.05) is 27.7 Å². The van der Waals surface area contributed by atoms with Gasteiger partial charge in [0.1, 0.15) is 23.7 Å². The summed E-state index contributed by atoms with van der Waals surface area (Å²) in [6.07, 6.45) is 1.31. The van der Waals surface area contributed by atoms with Gasteiger partial charge in [0.2, 0.25) is 5.91 Å². The van der Waals surface area contributed by atoms with Crippen LogP contribution >= 0.6 is 27.7 Å². The minimum atomic E-state index is -0.571. The maximum atomic E-state index is 12.2. The maximum absolute atomic E-state index is 12.2. The third-order valence-corrected chi connectivity index (χ3v) is 4.93. The molecule has 0 aliphatic carbocycles. The molecule has 1 heterocycles. The quantitative estimate of drug-likeness (QED) is 0.339. The smallest absolute Gasteiger partial charge is 0.343 e. The molecule has 2 rings (SSSR count). The van der Waals surface area contributed by atoms with Crippen LogP contribution in [0.25, 0.3) is 0 Å². The Morgan fingerprint density at radius 2 is 2.00 bits per heavy atom. The Balaban J connectivity index is 1.78. The Labute approximate surface area is 175 Å². The van der Waals surface area contributed by atoms with Crippen LogP contribution in [0.3, 0.4) is 0 Å². The molecule has 0 aliphatic heterocycles. The lowest BCUT2D eigenvalue weighted by Crippen LogP contribution is -2.32.